The molecular formula is C40H24N4. The van der Waals surface area contributed by atoms with Gasteiger partial charge in [-0.15, -0.1) is 0 Å². The van der Waals surface area contributed by atoms with E-state index in [-0.39, 0.29) is 0 Å². The Kier molecular flexibility index (Phi) is 5.47. The molecule has 0 radical (unpaired) electrons. The topological polar surface area (TPSA) is 51.6 Å². The van der Waals surface area contributed by atoms with Crippen molar-refractivity contribution in [1.82, 2.24) is 19.9 Å². The summed E-state index contributed by atoms with van der Waals surface area (Å²) >= 11 is 0. The summed E-state index contributed by atoms with van der Waals surface area (Å²) in [5.74, 6) is 0. The average Bonchev–Trinajstić information content (AvgIpc) is 3.11. The van der Waals surface area contributed by atoms with Crippen LogP contribution in [-0.2, 0) is 0 Å². The fourth-order valence-corrected chi connectivity index (χ4v) is 6.51. The molecule has 204 valence electrons. The van der Waals surface area contributed by atoms with Crippen LogP contribution in [0.15, 0.2) is 146 Å². The second kappa shape index (κ2) is 9.79. The van der Waals surface area contributed by atoms with E-state index in [0.717, 1.165) is 66.4 Å². The van der Waals surface area contributed by atoms with E-state index in [1.165, 1.54) is 21.5 Å². The summed E-state index contributed by atoms with van der Waals surface area (Å²) < 4.78 is 0. The van der Waals surface area contributed by atoms with Crippen LogP contribution in [0, 0.1) is 0 Å². The molecule has 4 aromatic heterocycles. The van der Waals surface area contributed by atoms with Crippen LogP contribution in [0.5, 0.6) is 0 Å². The minimum atomic E-state index is 0.903. The summed E-state index contributed by atoms with van der Waals surface area (Å²) in [7, 11) is 0. The van der Waals surface area contributed by atoms with E-state index in [4.69, 9.17) is 9.97 Å². The van der Waals surface area contributed by atoms with Crippen LogP contribution >= 0.6 is 0 Å². The Morgan fingerprint density at radius 1 is 0.432 bits per heavy atom. The molecule has 44 heavy (non-hydrogen) atoms. The summed E-state index contributed by atoms with van der Waals surface area (Å²) in [6, 6.07) is 44.5. The zero-order valence-electron chi connectivity index (χ0n) is 23.6. The summed E-state index contributed by atoms with van der Waals surface area (Å²) in [6.45, 7) is 0. The molecule has 0 spiro atoms. The van der Waals surface area contributed by atoms with Crippen LogP contribution in [0.25, 0.3) is 87.9 Å². The summed E-state index contributed by atoms with van der Waals surface area (Å²) in [6.07, 6.45) is 5.60. The second-order valence-electron chi connectivity index (χ2n) is 11.1. The minimum Gasteiger partial charge on any atom is -0.256 e. The Morgan fingerprint density at radius 3 is 2.11 bits per heavy atom. The fraction of sp³-hybridized carbons (Fsp3) is 0. The lowest BCUT2D eigenvalue weighted by molar-refractivity contribution is 1.32. The molecule has 0 bridgehead atoms. The molecule has 4 nitrogen and oxygen atoms in total. The van der Waals surface area contributed by atoms with E-state index in [0.29, 0.717) is 0 Å². The Morgan fingerprint density at radius 2 is 1.20 bits per heavy atom. The highest BCUT2D eigenvalue weighted by Gasteiger charge is 2.15. The molecule has 0 aliphatic carbocycles. The first-order chi connectivity index (χ1) is 21.8. The number of hydrogen-bond donors (Lipinski definition) is 0. The third-order valence-corrected chi connectivity index (χ3v) is 8.56. The monoisotopic (exact) mass is 560 g/mol. The number of nitrogens with zero attached hydrogens (tertiary/aromatic N) is 4. The summed E-state index contributed by atoms with van der Waals surface area (Å²) in [5.41, 5.74) is 8.96. The largest absolute Gasteiger partial charge is 0.256 e. The standard InChI is InChI=1S/C40H24N4/c1-2-12-30-25(8-1)16-18-33-37(30)32-13-3-4-15-36(32)44-38(33)27-10-5-9-26(22-27)35-19-17-29(24-43-35)34-23-28-11-6-20-41-39(28)40-31(34)14-7-21-42-40/h1-24H. The molecule has 0 aliphatic heterocycles. The lowest BCUT2D eigenvalue weighted by Gasteiger charge is -2.13. The zero-order chi connectivity index (χ0) is 29.0. The molecule has 5 aromatic carbocycles. The van der Waals surface area contributed by atoms with Crippen LogP contribution < -0.4 is 0 Å². The molecule has 0 saturated carbocycles. The van der Waals surface area contributed by atoms with Gasteiger partial charge in [0.05, 0.1) is 27.9 Å². The molecule has 0 atom stereocenters. The van der Waals surface area contributed by atoms with Gasteiger partial charge in [-0.2, -0.15) is 0 Å². The van der Waals surface area contributed by atoms with Gasteiger partial charge in [0.25, 0.3) is 0 Å². The van der Waals surface area contributed by atoms with Crippen molar-refractivity contribution in [3.63, 3.8) is 0 Å². The maximum absolute atomic E-state index is 5.19. The quantitative estimate of drug-likeness (QED) is 0.202. The van der Waals surface area contributed by atoms with Gasteiger partial charge in [0.15, 0.2) is 0 Å². The van der Waals surface area contributed by atoms with Crippen molar-refractivity contribution in [1.29, 1.82) is 0 Å². The maximum atomic E-state index is 5.19. The van der Waals surface area contributed by atoms with Crippen LogP contribution in [0.1, 0.15) is 0 Å². The first kappa shape index (κ1) is 24.6. The highest BCUT2D eigenvalue weighted by Crippen LogP contribution is 2.38. The molecule has 4 heteroatoms. The SMILES string of the molecule is c1cc(-c2ccc(-c3cc4cccnc4c4ncccc34)cn2)cc(-c2nc3ccccc3c3c2ccc2ccccc23)c1. The average molecular weight is 561 g/mol. The Balaban J connectivity index is 1.17. The number of hydrogen-bond acceptors (Lipinski definition) is 4. The molecular weight excluding hydrogens is 536 g/mol. The van der Waals surface area contributed by atoms with E-state index in [1.807, 2.05) is 30.7 Å². The van der Waals surface area contributed by atoms with E-state index in [1.54, 1.807) is 0 Å². The van der Waals surface area contributed by atoms with E-state index in [2.05, 4.69) is 125 Å². The van der Waals surface area contributed by atoms with Gasteiger partial charge < -0.3 is 0 Å². The molecule has 0 N–H and O–H groups in total. The van der Waals surface area contributed by atoms with Crippen LogP contribution in [0.2, 0.25) is 0 Å². The Labute approximate surface area is 253 Å². The number of rotatable bonds is 3. The van der Waals surface area contributed by atoms with Crippen molar-refractivity contribution in [2.24, 2.45) is 0 Å². The van der Waals surface area contributed by atoms with Crippen molar-refractivity contribution < 1.29 is 0 Å². The van der Waals surface area contributed by atoms with Crippen LogP contribution in [-0.4, -0.2) is 19.9 Å². The van der Waals surface area contributed by atoms with Gasteiger partial charge >= 0.3 is 0 Å². The van der Waals surface area contributed by atoms with E-state index in [9.17, 15) is 0 Å². The highest BCUT2D eigenvalue weighted by atomic mass is 14.7. The van der Waals surface area contributed by atoms with Crippen molar-refractivity contribution in [2.45, 2.75) is 0 Å². The predicted octanol–water partition coefficient (Wildman–Crippen LogP) is 10.0. The molecule has 9 rings (SSSR count). The second-order valence-corrected chi connectivity index (χ2v) is 11.1. The fourth-order valence-electron chi connectivity index (χ4n) is 6.51. The lowest BCUT2D eigenvalue weighted by Crippen LogP contribution is -1.92. The zero-order valence-corrected chi connectivity index (χ0v) is 23.6. The first-order valence-corrected chi connectivity index (χ1v) is 14.7. The Bertz CT molecular complexity index is 2540. The first-order valence-electron chi connectivity index (χ1n) is 14.7. The normalized spacial score (nSPS) is 11.6. The molecule has 4 heterocycles. The highest BCUT2D eigenvalue weighted by molar-refractivity contribution is 6.22. The maximum Gasteiger partial charge on any atom is 0.0970 e. The van der Waals surface area contributed by atoms with Gasteiger partial charge in [0.1, 0.15) is 0 Å². The molecule has 0 amide bonds. The van der Waals surface area contributed by atoms with Gasteiger partial charge in [-0.3, -0.25) is 15.0 Å². The number of pyridine rings is 4. The van der Waals surface area contributed by atoms with Crippen molar-refractivity contribution >= 4 is 54.3 Å². The molecule has 0 aliphatic rings. The van der Waals surface area contributed by atoms with Crippen LogP contribution in [0.4, 0.5) is 0 Å². The van der Waals surface area contributed by atoms with Crippen molar-refractivity contribution in [3.8, 4) is 33.6 Å². The molecule has 0 fully saturated rings. The number of para-hydroxylation sites is 1. The van der Waals surface area contributed by atoms with Crippen molar-refractivity contribution in [2.75, 3.05) is 0 Å². The molecule has 0 unspecified atom stereocenters. The van der Waals surface area contributed by atoms with E-state index < -0.39 is 0 Å². The third-order valence-electron chi connectivity index (χ3n) is 8.56. The number of fused-ring (bicyclic) bond motifs is 8. The van der Waals surface area contributed by atoms with Gasteiger partial charge in [0.2, 0.25) is 0 Å². The van der Waals surface area contributed by atoms with Gasteiger partial charge in [-0.25, -0.2) is 4.98 Å². The van der Waals surface area contributed by atoms with Gasteiger partial charge in [-0.05, 0) is 52.7 Å². The van der Waals surface area contributed by atoms with Gasteiger partial charge in [-0.1, -0.05) is 91.0 Å². The number of benzene rings is 5. The molecule has 9 aromatic rings. The lowest BCUT2D eigenvalue weighted by atomic mass is 9.94. The summed E-state index contributed by atoms with van der Waals surface area (Å²) in [5, 5.41) is 8.16. The minimum absolute atomic E-state index is 0.903. The summed E-state index contributed by atoms with van der Waals surface area (Å²) in [4.78, 5) is 19.4. The number of aromatic nitrogens is 4. The van der Waals surface area contributed by atoms with Gasteiger partial charge in [0, 0.05) is 62.2 Å². The van der Waals surface area contributed by atoms with Crippen molar-refractivity contribution in [3.05, 3.63) is 146 Å². The Hall–Kier alpha value is -6.00. The smallest absolute Gasteiger partial charge is 0.0970 e. The third kappa shape index (κ3) is 3.85. The van der Waals surface area contributed by atoms with E-state index >= 15 is 0 Å². The predicted molar refractivity (Wildman–Crippen MR) is 181 cm³/mol. The van der Waals surface area contributed by atoms with Crippen LogP contribution in [0.3, 0.4) is 0 Å². The molecule has 0 saturated heterocycles.